The van der Waals surface area contributed by atoms with Crippen molar-refractivity contribution in [1.29, 1.82) is 0 Å². The first-order valence-electron chi connectivity index (χ1n) is 5.25. The molecule has 3 nitrogen and oxygen atoms in total. The summed E-state index contributed by atoms with van der Waals surface area (Å²) in [5, 5.41) is 3.62. The highest BCUT2D eigenvalue weighted by Crippen LogP contribution is 2.20. The van der Waals surface area contributed by atoms with E-state index in [1.807, 2.05) is 6.92 Å². The predicted molar refractivity (Wildman–Crippen MR) is 73.4 cm³/mol. The molecule has 0 saturated carbocycles. The monoisotopic (exact) mass is 280 g/mol. The molecule has 0 spiro atoms. The fraction of sp³-hybridized carbons (Fsp3) is 0.0769. The molecule has 1 aromatic carbocycles. The molecular weight excluding hydrogens is 271 g/mol. The summed E-state index contributed by atoms with van der Waals surface area (Å²) in [7, 11) is 0. The molecule has 0 aliphatic carbocycles. The number of rotatable bonds is 2. The van der Waals surface area contributed by atoms with Gasteiger partial charge in [0.05, 0.1) is 0 Å². The lowest BCUT2D eigenvalue weighted by Gasteiger charge is -2.06. The van der Waals surface area contributed by atoms with Gasteiger partial charge in [-0.25, -0.2) is 0 Å². The molecule has 1 aromatic heterocycles. The number of pyridine rings is 1. The fourth-order valence-corrected chi connectivity index (χ4v) is 2.04. The molecule has 0 saturated heterocycles. The van der Waals surface area contributed by atoms with Crippen LogP contribution in [0.5, 0.6) is 0 Å². The average Bonchev–Trinajstić information content (AvgIpc) is 2.27. The normalized spacial score (nSPS) is 10.2. The van der Waals surface area contributed by atoms with Crippen molar-refractivity contribution in [3.63, 3.8) is 0 Å². The summed E-state index contributed by atoms with van der Waals surface area (Å²) in [6.45, 7) is 1.85. The van der Waals surface area contributed by atoms with Crippen LogP contribution >= 0.6 is 23.2 Å². The number of amides is 1. The van der Waals surface area contributed by atoms with Crippen LogP contribution in [0.25, 0.3) is 0 Å². The quantitative estimate of drug-likeness (QED) is 0.905. The Bertz CT molecular complexity index is 579. The summed E-state index contributed by atoms with van der Waals surface area (Å²) < 4.78 is 0. The highest BCUT2D eigenvalue weighted by atomic mass is 35.5. The van der Waals surface area contributed by atoms with Gasteiger partial charge >= 0.3 is 0 Å². The Hall–Kier alpha value is -1.58. The van der Waals surface area contributed by atoms with Crippen molar-refractivity contribution in [3.05, 3.63) is 57.8 Å². The van der Waals surface area contributed by atoms with Crippen LogP contribution in [0.3, 0.4) is 0 Å². The third-order valence-corrected chi connectivity index (χ3v) is 2.72. The van der Waals surface area contributed by atoms with Gasteiger partial charge in [-0.2, -0.15) is 0 Å². The minimum atomic E-state index is -0.259. The van der Waals surface area contributed by atoms with Crippen LogP contribution < -0.4 is 5.32 Å². The van der Waals surface area contributed by atoms with Crippen LogP contribution in [0, 0.1) is 6.92 Å². The molecule has 2 aromatic rings. The highest BCUT2D eigenvalue weighted by molar-refractivity contribution is 6.35. The fourth-order valence-electron chi connectivity index (χ4n) is 1.51. The molecule has 92 valence electrons. The van der Waals surface area contributed by atoms with E-state index in [0.717, 1.165) is 5.69 Å². The molecule has 0 bridgehead atoms. The van der Waals surface area contributed by atoms with Gasteiger partial charge in [0.25, 0.3) is 5.91 Å². The topological polar surface area (TPSA) is 42.0 Å². The third kappa shape index (κ3) is 3.22. The number of aromatic nitrogens is 1. The number of nitrogens with zero attached hydrogens (tertiary/aromatic N) is 1. The molecule has 1 N–H and O–H groups in total. The van der Waals surface area contributed by atoms with E-state index < -0.39 is 0 Å². The van der Waals surface area contributed by atoms with Gasteiger partial charge in [0, 0.05) is 33.2 Å². The van der Waals surface area contributed by atoms with Crippen molar-refractivity contribution in [3.8, 4) is 0 Å². The minimum Gasteiger partial charge on any atom is -0.322 e. The van der Waals surface area contributed by atoms with Crippen molar-refractivity contribution in [2.75, 3.05) is 5.32 Å². The minimum absolute atomic E-state index is 0.259. The average molecular weight is 281 g/mol. The van der Waals surface area contributed by atoms with Crippen LogP contribution in [0.1, 0.15) is 16.1 Å². The Morgan fingerprint density at radius 2 is 1.83 bits per heavy atom. The molecule has 2 rings (SSSR count). The number of nitrogens with one attached hydrogen (secondary N) is 1. The zero-order valence-electron chi connectivity index (χ0n) is 9.58. The number of anilines is 1. The van der Waals surface area contributed by atoms with E-state index in [0.29, 0.717) is 21.3 Å². The van der Waals surface area contributed by atoms with Crippen LogP contribution in [0.15, 0.2) is 36.5 Å². The summed E-state index contributed by atoms with van der Waals surface area (Å²) in [5.41, 5.74) is 1.93. The first kappa shape index (κ1) is 12.9. The first-order chi connectivity index (χ1) is 8.54. The van der Waals surface area contributed by atoms with E-state index in [1.54, 1.807) is 36.5 Å². The molecule has 0 aliphatic heterocycles. The molecule has 0 fully saturated rings. The molecule has 1 heterocycles. The van der Waals surface area contributed by atoms with Crippen LogP contribution in [-0.2, 0) is 0 Å². The van der Waals surface area contributed by atoms with E-state index in [9.17, 15) is 4.79 Å². The maximum atomic E-state index is 12.0. The number of hydrogen-bond donors (Lipinski definition) is 1. The maximum Gasteiger partial charge on any atom is 0.255 e. The molecule has 5 heteroatoms. The van der Waals surface area contributed by atoms with E-state index >= 15 is 0 Å². The molecular formula is C13H10Cl2N2O. The standard InChI is InChI=1S/C13H10Cl2N2O/c1-8-4-12(2-3-16-8)17-13(18)9-5-10(14)7-11(15)6-9/h2-7H,1H3,(H,16,17,18). The SMILES string of the molecule is Cc1cc(NC(=O)c2cc(Cl)cc(Cl)c2)ccn1. The van der Waals surface area contributed by atoms with Gasteiger partial charge in [0.15, 0.2) is 0 Å². The second-order valence-corrected chi connectivity index (χ2v) is 4.67. The Balaban J connectivity index is 2.22. The Kier molecular flexibility index (Phi) is 3.84. The zero-order chi connectivity index (χ0) is 13.1. The first-order valence-corrected chi connectivity index (χ1v) is 6.00. The highest BCUT2D eigenvalue weighted by Gasteiger charge is 2.08. The van der Waals surface area contributed by atoms with Crippen molar-refractivity contribution in [2.45, 2.75) is 6.92 Å². The molecule has 0 atom stereocenters. The molecule has 1 amide bonds. The van der Waals surface area contributed by atoms with Gasteiger partial charge in [-0.15, -0.1) is 0 Å². The van der Waals surface area contributed by atoms with Gasteiger partial charge in [-0.05, 0) is 37.3 Å². The number of aryl methyl sites for hydroxylation is 1. The third-order valence-electron chi connectivity index (χ3n) is 2.28. The van der Waals surface area contributed by atoms with E-state index in [2.05, 4.69) is 10.3 Å². The van der Waals surface area contributed by atoms with E-state index in [4.69, 9.17) is 23.2 Å². The number of carbonyl (C=O) groups is 1. The molecule has 0 aliphatic rings. The Labute approximate surface area is 115 Å². The summed E-state index contributed by atoms with van der Waals surface area (Å²) in [6.07, 6.45) is 1.63. The summed E-state index contributed by atoms with van der Waals surface area (Å²) >= 11 is 11.7. The summed E-state index contributed by atoms with van der Waals surface area (Å²) in [5.74, 6) is -0.259. The van der Waals surface area contributed by atoms with Gasteiger partial charge in [0.2, 0.25) is 0 Å². The van der Waals surface area contributed by atoms with Crippen molar-refractivity contribution in [1.82, 2.24) is 4.98 Å². The Morgan fingerprint density at radius 3 is 2.44 bits per heavy atom. The van der Waals surface area contributed by atoms with Crippen LogP contribution in [0.2, 0.25) is 10.0 Å². The van der Waals surface area contributed by atoms with Crippen molar-refractivity contribution >= 4 is 34.8 Å². The van der Waals surface area contributed by atoms with Crippen molar-refractivity contribution < 1.29 is 4.79 Å². The zero-order valence-corrected chi connectivity index (χ0v) is 11.1. The molecule has 18 heavy (non-hydrogen) atoms. The lowest BCUT2D eigenvalue weighted by molar-refractivity contribution is 0.102. The predicted octanol–water partition coefficient (Wildman–Crippen LogP) is 3.95. The smallest absolute Gasteiger partial charge is 0.255 e. The van der Waals surface area contributed by atoms with Crippen molar-refractivity contribution in [2.24, 2.45) is 0 Å². The van der Waals surface area contributed by atoms with Gasteiger partial charge in [-0.1, -0.05) is 23.2 Å². The second kappa shape index (κ2) is 5.38. The molecule has 0 radical (unpaired) electrons. The lowest BCUT2D eigenvalue weighted by Crippen LogP contribution is -2.12. The van der Waals surface area contributed by atoms with Crippen LogP contribution in [0.4, 0.5) is 5.69 Å². The van der Waals surface area contributed by atoms with E-state index in [1.165, 1.54) is 0 Å². The van der Waals surface area contributed by atoms with Gasteiger partial charge in [0.1, 0.15) is 0 Å². The largest absolute Gasteiger partial charge is 0.322 e. The molecule has 0 unspecified atom stereocenters. The number of carbonyl (C=O) groups excluding carboxylic acids is 1. The maximum absolute atomic E-state index is 12.0. The lowest BCUT2D eigenvalue weighted by atomic mass is 10.2. The van der Waals surface area contributed by atoms with Crippen LogP contribution in [-0.4, -0.2) is 10.9 Å². The summed E-state index contributed by atoms with van der Waals surface area (Å²) in [6, 6.07) is 8.21. The number of benzene rings is 1. The van der Waals surface area contributed by atoms with Gasteiger partial charge < -0.3 is 5.32 Å². The Morgan fingerprint density at radius 1 is 1.17 bits per heavy atom. The number of halogens is 2. The second-order valence-electron chi connectivity index (χ2n) is 3.80. The number of hydrogen-bond acceptors (Lipinski definition) is 2. The van der Waals surface area contributed by atoms with Gasteiger partial charge in [-0.3, -0.25) is 9.78 Å². The summed E-state index contributed by atoms with van der Waals surface area (Å²) in [4.78, 5) is 16.0. The van der Waals surface area contributed by atoms with E-state index in [-0.39, 0.29) is 5.91 Å².